The smallest absolute Gasteiger partial charge is 0.324 e. The molecule has 1 aliphatic heterocycles. The molecule has 0 radical (unpaired) electrons. The molecule has 0 aromatic carbocycles. The third kappa shape index (κ3) is 3.66. The van der Waals surface area contributed by atoms with E-state index in [-0.39, 0.29) is 6.54 Å². The molecule has 1 saturated heterocycles. The van der Waals surface area contributed by atoms with E-state index in [0.29, 0.717) is 25.8 Å². The molecule has 8 heteroatoms. The lowest BCUT2D eigenvalue weighted by Gasteiger charge is -2.31. The van der Waals surface area contributed by atoms with Gasteiger partial charge in [0.1, 0.15) is 6.04 Å². The number of likely N-dealkylation sites (tertiary alicyclic amines) is 1. The van der Waals surface area contributed by atoms with Gasteiger partial charge in [0.15, 0.2) is 6.17 Å². The average molecular weight is 261 g/mol. The molecule has 102 valence electrons. The second kappa shape index (κ2) is 6.29. The summed E-state index contributed by atoms with van der Waals surface area (Å²) in [5.74, 6) is -1.88. The highest BCUT2D eigenvalue weighted by atomic mass is 19.1. The Hall–Kier alpha value is -1.70. The van der Waals surface area contributed by atoms with Crippen LogP contribution in [0.1, 0.15) is 19.3 Å². The van der Waals surface area contributed by atoms with E-state index in [4.69, 9.17) is 10.8 Å². The monoisotopic (exact) mass is 261 g/mol. The number of carbonyl (C=O) groups is 3. The van der Waals surface area contributed by atoms with Crippen molar-refractivity contribution < 1.29 is 23.9 Å². The Morgan fingerprint density at radius 3 is 2.72 bits per heavy atom. The summed E-state index contributed by atoms with van der Waals surface area (Å²) in [5, 5.41) is 11.0. The lowest BCUT2D eigenvalue weighted by atomic mass is 10.1. The quantitative estimate of drug-likeness (QED) is 0.439. The second-order valence-corrected chi connectivity index (χ2v) is 4.09. The summed E-state index contributed by atoms with van der Waals surface area (Å²) in [6.07, 6.45) is -0.147. The summed E-state index contributed by atoms with van der Waals surface area (Å²) in [7, 11) is 0. The van der Waals surface area contributed by atoms with Crippen molar-refractivity contribution in [1.82, 2.24) is 10.2 Å². The van der Waals surface area contributed by atoms with E-state index in [1.807, 2.05) is 0 Å². The number of urea groups is 1. The average Bonchev–Trinajstić information content (AvgIpc) is 2.34. The molecule has 0 aromatic rings. The van der Waals surface area contributed by atoms with Crippen molar-refractivity contribution in [2.45, 2.75) is 31.5 Å². The van der Waals surface area contributed by atoms with Crippen LogP contribution in [0.4, 0.5) is 9.18 Å². The maximum atomic E-state index is 12.5. The fraction of sp³-hybridized carbons (Fsp3) is 0.700. The van der Waals surface area contributed by atoms with Gasteiger partial charge in [-0.2, -0.15) is 0 Å². The number of carbonyl (C=O) groups excluding carboxylic acids is 2. The largest absolute Gasteiger partial charge is 0.480 e. The molecule has 2 unspecified atom stereocenters. The second-order valence-electron chi connectivity index (χ2n) is 4.09. The first-order valence-corrected chi connectivity index (χ1v) is 5.65. The van der Waals surface area contributed by atoms with Crippen molar-refractivity contribution in [3.63, 3.8) is 0 Å². The van der Waals surface area contributed by atoms with Gasteiger partial charge in [-0.25, -0.2) is 9.18 Å². The Morgan fingerprint density at radius 1 is 1.56 bits per heavy atom. The van der Waals surface area contributed by atoms with Crippen molar-refractivity contribution >= 4 is 17.9 Å². The number of nitrogens with one attached hydrogen (secondary N) is 1. The standard InChI is InChI=1S/C10H16FN3O4/c11-6-5-14(8(6)15)10(18)13-4-2-1-3-7(12)9(16)17/h6-7H,1-5,12H2,(H,13,18)(H,16,17). The van der Waals surface area contributed by atoms with E-state index < -0.39 is 30.1 Å². The van der Waals surface area contributed by atoms with Crippen LogP contribution in [-0.2, 0) is 9.59 Å². The summed E-state index contributed by atoms with van der Waals surface area (Å²) < 4.78 is 12.5. The molecule has 1 rings (SSSR count). The highest BCUT2D eigenvalue weighted by molar-refractivity contribution is 6.01. The van der Waals surface area contributed by atoms with Gasteiger partial charge in [-0.05, 0) is 19.3 Å². The molecule has 1 aliphatic rings. The summed E-state index contributed by atoms with van der Waals surface area (Å²) in [5.41, 5.74) is 5.29. The summed E-state index contributed by atoms with van der Waals surface area (Å²) >= 11 is 0. The Balaban J connectivity index is 2.06. The molecule has 0 saturated carbocycles. The maximum Gasteiger partial charge on any atom is 0.324 e. The van der Waals surface area contributed by atoms with Gasteiger partial charge in [-0.15, -0.1) is 0 Å². The fourth-order valence-electron chi connectivity index (χ4n) is 1.47. The zero-order chi connectivity index (χ0) is 13.7. The van der Waals surface area contributed by atoms with E-state index in [9.17, 15) is 18.8 Å². The third-order valence-electron chi connectivity index (χ3n) is 2.66. The van der Waals surface area contributed by atoms with Gasteiger partial charge in [0.05, 0.1) is 6.54 Å². The molecule has 7 nitrogen and oxygen atoms in total. The molecule has 4 N–H and O–H groups in total. The van der Waals surface area contributed by atoms with Gasteiger partial charge >= 0.3 is 12.0 Å². The SMILES string of the molecule is NC(CCCCNC(=O)N1CC(F)C1=O)C(=O)O. The van der Waals surface area contributed by atoms with Gasteiger partial charge in [0, 0.05) is 6.54 Å². The van der Waals surface area contributed by atoms with Crippen LogP contribution in [0.5, 0.6) is 0 Å². The van der Waals surface area contributed by atoms with Crippen LogP contribution in [0.25, 0.3) is 0 Å². The predicted molar refractivity (Wildman–Crippen MR) is 59.5 cm³/mol. The Labute approximate surface area is 103 Å². The van der Waals surface area contributed by atoms with E-state index in [2.05, 4.69) is 5.32 Å². The Bertz CT molecular complexity index is 350. The number of nitrogens with zero attached hydrogens (tertiary/aromatic N) is 1. The van der Waals surface area contributed by atoms with Crippen LogP contribution in [0.3, 0.4) is 0 Å². The van der Waals surface area contributed by atoms with Crippen molar-refractivity contribution in [1.29, 1.82) is 0 Å². The fourth-order valence-corrected chi connectivity index (χ4v) is 1.47. The van der Waals surface area contributed by atoms with Crippen molar-refractivity contribution in [2.24, 2.45) is 5.73 Å². The highest BCUT2D eigenvalue weighted by Gasteiger charge is 2.40. The van der Waals surface area contributed by atoms with Gasteiger partial charge < -0.3 is 16.2 Å². The van der Waals surface area contributed by atoms with Crippen molar-refractivity contribution in [2.75, 3.05) is 13.1 Å². The van der Waals surface area contributed by atoms with Crippen LogP contribution < -0.4 is 11.1 Å². The highest BCUT2D eigenvalue weighted by Crippen LogP contribution is 2.13. The number of amides is 3. The minimum absolute atomic E-state index is 0.200. The summed E-state index contributed by atoms with van der Waals surface area (Å²) in [6, 6.07) is -1.51. The minimum atomic E-state index is -1.57. The number of carboxylic acids is 1. The molecule has 18 heavy (non-hydrogen) atoms. The van der Waals surface area contributed by atoms with Gasteiger partial charge in [-0.3, -0.25) is 14.5 Å². The predicted octanol–water partition coefficient (Wildman–Crippen LogP) is -0.542. The number of hydrogen-bond acceptors (Lipinski definition) is 4. The van der Waals surface area contributed by atoms with Gasteiger partial charge in [-0.1, -0.05) is 0 Å². The Morgan fingerprint density at radius 2 is 2.22 bits per heavy atom. The van der Waals surface area contributed by atoms with E-state index in [1.54, 1.807) is 0 Å². The number of nitrogens with two attached hydrogens (primary N) is 1. The third-order valence-corrected chi connectivity index (χ3v) is 2.66. The Kier molecular flexibility index (Phi) is 5.02. The number of carboxylic acid groups (broad SMARTS) is 1. The molecular weight excluding hydrogens is 245 g/mol. The van der Waals surface area contributed by atoms with Gasteiger partial charge in [0.2, 0.25) is 0 Å². The molecule has 0 bridgehead atoms. The zero-order valence-corrected chi connectivity index (χ0v) is 9.76. The topological polar surface area (TPSA) is 113 Å². The molecule has 1 fully saturated rings. The maximum absolute atomic E-state index is 12.5. The first-order chi connectivity index (χ1) is 8.43. The van der Waals surface area contributed by atoms with Gasteiger partial charge in [0.25, 0.3) is 5.91 Å². The van der Waals surface area contributed by atoms with E-state index in [1.165, 1.54) is 0 Å². The minimum Gasteiger partial charge on any atom is -0.480 e. The summed E-state index contributed by atoms with van der Waals surface area (Å²) in [6.45, 7) is 0.0977. The number of hydrogen-bond donors (Lipinski definition) is 3. The van der Waals surface area contributed by atoms with Crippen LogP contribution in [0.2, 0.25) is 0 Å². The van der Waals surface area contributed by atoms with Crippen LogP contribution in [0.15, 0.2) is 0 Å². The number of halogens is 1. The van der Waals surface area contributed by atoms with Crippen LogP contribution in [-0.4, -0.2) is 53.2 Å². The summed E-state index contributed by atoms with van der Waals surface area (Å²) in [4.78, 5) is 33.4. The van der Waals surface area contributed by atoms with E-state index >= 15 is 0 Å². The number of alkyl halides is 1. The van der Waals surface area contributed by atoms with Crippen LogP contribution >= 0.6 is 0 Å². The first-order valence-electron chi connectivity index (χ1n) is 5.65. The number of imide groups is 1. The molecule has 2 atom stereocenters. The van der Waals surface area contributed by atoms with Crippen LogP contribution in [0, 0.1) is 0 Å². The molecule has 0 spiro atoms. The number of β-lactam (4-membered cyclic amide) rings is 1. The zero-order valence-electron chi connectivity index (χ0n) is 9.76. The lowest BCUT2D eigenvalue weighted by Crippen LogP contribution is -2.59. The molecule has 3 amide bonds. The number of rotatable bonds is 6. The van der Waals surface area contributed by atoms with Crippen molar-refractivity contribution in [3.8, 4) is 0 Å². The molecule has 1 heterocycles. The van der Waals surface area contributed by atoms with E-state index in [0.717, 1.165) is 4.90 Å². The lowest BCUT2D eigenvalue weighted by molar-refractivity contribution is -0.144. The molecule has 0 aromatic heterocycles. The molecular formula is C10H16FN3O4. The van der Waals surface area contributed by atoms with Crippen molar-refractivity contribution in [3.05, 3.63) is 0 Å². The number of aliphatic carboxylic acids is 1. The number of unbranched alkanes of at least 4 members (excludes halogenated alkanes) is 1. The first kappa shape index (κ1) is 14.4. The normalized spacial score (nSPS) is 20.2. The molecule has 0 aliphatic carbocycles.